The monoisotopic (exact) mass is 323 g/mol. The molecule has 3 rings (SSSR count). The first-order valence-electron chi connectivity index (χ1n) is 9.45. The Hall–Kier alpha value is -0.810. The van der Waals surface area contributed by atoms with E-state index in [1.165, 1.54) is 44.9 Å². The van der Waals surface area contributed by atoms with Crippen molar-refractivity contribution in [2.45, 2.75) is 63.3 Å². The Morgan fingerprint density at radius 3 is 2.48 bits per heavy atom. The van der Waals surface area contributed by atoms with E-state index >= 15 is 0 Å². The normalized spacial score (nSPS) is 26.4. The highest BCUT2D eigenvalue weighted by atomic mass is 16.5. The summed E-state index contributed by atoms with van der Waals surface area (Å²) in [6, 6.07) is 0.165. The molecule has 3 fully saturated rings. The first-order chi connectivity index (χ1) is 11.2. The molecule has 2 amide bonds. The second-order valence-electron chi connectivity index (χ2n) is 7.88. The maximum atomic E-state index is 12.9. The number of piperidine rings is 1. The standard InChI is InChI=1S/C18H33N3O2/c1-23-15-17(9-11-19-12-10-17)14-20-16(22)21-13-5-8-18(21)6-3-2-4-7-18/h19H,2-15H2,1H3,(H,20,22). The number of rotatable bonds is 4. The van der Waals surface area contributed by atoms with Crippen molar-refractivity contribution in [1.82, 2.24) is 15.5 Å². The van der Waals surface area contributed by atoms with Crippen LogP contribution in [0.25, 0.3) is 0 Å². The molecule has 1 aliphatic carbocycles. The second-order valence-corrected chi connectivity index (χ2v) is 7.88. The molecule has 2 aliphatic heterocycles. The molecule has 0 bridgehead atoms. The van der Waals surface area contributed by atoms with Crippen molar-refractivity contribution >= 4 is 6.03 Å². The van der Waals surface area contributed by atoms with Gasteiger partial charge in [-0.1, -0.05) is 19.3 Å². The van der Waals surface area contributed by atoms with Gasteiger partial charge in [-0.25, -0.2) is 4.79 Å². The van der Waals surface area contributed by atoms with Gasteiger partial charge in [-0.2, -0.15) is 0 Å². The zero-order valence-corrected chi connectivity index (χ0v) is 14.7. The quantitative estimate of drug-likeness (QED) is 0.836. The summed E-state index contributed by atoms with van der Waals surface area (Å²) in [5.41, 5.74) is 0.278. The summed E-state index contributed by atoms with van der Waals surface area (Å²) in [6.45, 7) is 4.46. The summed E-state index contributed by atoms with van der Waals surface area (Å²) in [7, 11) is 1.77. The fraction of sp³-hybridized carbons (Fsp3) is 0.944. The van der Waals surface area contributed by atoms with Gasteiger partial charge in [-0.15, -0.1) is 0 Å². The molecule has 0 radical (unpaired) electrons. The highest BCUT2D eigenvalue weighted by Crippen LogP contribution is 2.41. The Morgan fingerprint density at radius 1 is 1.09 bits per heavy atom. The van der Waals surface area contributed by atoms with Crippen molar-refractivity contribution in [1.29, 1.82) is 0 Å². The summed E-state index contributed by atoms with van der Waals surface area (Å²) >= 11 is 0. The third-order valence-electron chi connectivity index (χ3n) is 6.36. The number of hydrogen-bond donors (Lipinski definition) is 2. The molecule has 0 aromatic carbocycles. The number of carbonyl (C=O) groups excluding carboxylic acids is 1. The molecule has 5 nitrogen and oxygen atoms in total. The van der Waals surface area contributed by atoms with Crippen molar-refractivity contribution in [2.24, 2.45) is 5.41 Å². The van der Waals surface area contributed by atoms with Crippen LogP contribution in [0.2, 0.25) is 0 Å². The molecule has 0 unspecified atom stereocenters. The van der Waals surface area contributed by atoms with E-state index in [2.05, 4.69) is 15.5 Å². The lowest BCUT2D eigenvalue weighted by Crippen LogP contribution is -2.55. The van der Waals surface area contributed by atoms with Gasteiger partial charge in [-0.3, -0.25) is 0 Å². The maximum Gasteiger partial charge on any atom is 0.317 e. The molecule has 1 spiro atoms. The average molecular weight is 323 g/mol. The number of methoxy groups -OCH3 is 1. The van der Waals surface area contributed by atoms with Crippen LogP contribution in [0.15, 0.2) is 0 Å². The van der Waals surface area contributed by atoms with E-state index in [4.69, 9.17) is 4.74 Å². The number of ether oxygens (including phenoxy) is 1. The molecule has 0 aromatic rings. The van der Waals surface area contributed by atoms with Gasteiger partial charge < -0.3 is 20.3 Å². The fourth-order valence-corrected chi connectivity index (χ4v) is 4.98. The maximum absolute atomic E-state index is 12.9. The Labute approximate surface area is 140 Å². The first-order valence-corrected chi connectivity index (χ1v) is 9.45. The molecule has 3 aliphatic rings. The fourth-order valence-electron chi connectivity index (χ4n) is 4.98. The molecule has 2 saturated heterocycles. The lowest BCUT2D eigenvalue weighted by atomic mass is 9.79. The van der Waals surface area contributed by atoms with E-state index < -0.39 is 0 Å². The molecular weight excluding hydrogens is 290 g/mol. The smallest absolute Gasteiger partial charge is 0.317 e. The highest BCUT2D eigenvalue weighted by Gasteiger charge is 2.44. The van der Waals surface area contributed by atoms with Crippen molar-refractivity contribution in [2.75, 3.05) is 39.9 Å². The summed E-state index contributed by atoms with van der Waals surface area (Å²) < 4.78 is 5.46. The number of likely N-dealkylation sites (tertiary alicyclic amines) is 1. The van der Waals surface area contributed by atoms with E-state index in [0.29, 0.717) is 0 Å². The third kappa shape index (κ3) is 3.66. The third-order valence-corrected chi connectivity index (χ3v) is 6.36. The lowest BCUT2D eigenvalue weighted by Gasteiger charge is -2.43. The van der Waals surface area contributed by atoms with Crippen LogP contribution in [-0.2, 0) is 4.74 Å². The van der Waals surface area contributed by atoms with Crippen LogP contribution in [0.5, 0.6) is 0 Å². The van der Waals surface area contributed by atoms with Crippen molar-refractivity contribution < 1.29 is 9.53 Å². The van der Waals surface area contributed by atoms with E-state index in [1.54, 1.807) is 7.11 Å². The Balaban J connectivity index is 1.59. The van der Waals surface area contributed by atoms with Crippen molar-refractivity contribution in [3.05, 3.63) is 0 Å². The molecule has 0 aromatic heterocycles. The number of amides is 2. The zero-order valence-electron chi connectivity index (χ0n) is 14.7. The number of hydrogen-bond acceptors (Lipinski definition) is 3. The lowest BCUT2D eigenvalue weighted by molar-refractivity contribution is 0.0515. The van der Waals surface area contributed by atoms with Gasteiger partial charge in [0.1, 0.15) is 0 Å². The van der Waals surface area contributed by atoms with Gasteiger partial charge in [0.2, 0.25) is 0 Å². The number of nitrogens with zero attached hydrogens (tertiary/aromatic N) is 1. The Bertz CT molecular complexity index is 396. The van der Waals surface area contributed by atoms with E-state index in [0.717, 1.165) is 45.6 Å². The zero-order chi connectivity index (χ0) is 16.2. The summed E-state index contributed by atoms with van der Waals surface area (Å²) in [4.78, 5) is 15.0. The van der Waals surface area contributed by atoms with Crippen LogP contribution < -0.4 is 10.6 Å². The van der Waals surface area contributed by atoms with Gasteiger partial charge in [0.05, 0.1) is 6.61 Å². The van der Waals surface area contributed by atoms with Crippen LogP contribution in [0.1, 0.15) is 57.8 Å². The molecule has 132 valence electrons. The van der Waals surface area contributed by atoms with Gasteiger partial charge in [0.15, 0.2) is 0 Å². The summed E-state index contributed by atoms with van der Waals surface area (Å²) in [6.07, 6.45) is 10.8. The topological polar surface area (TPSA) is 53.6 Å². The van der Waals surface area contributed by atoms with E-state index in [1.807, 2.05) is 0 Å². The second kappa shape index (κ2) is 7.39. The number of nitrogens with one attached hydrogen (secondary N) is 2. The van der Waals surface area contributed by atoms with Crippen LogP contribution in [0.3, 0.4) is 0 Å². The van der Waals surface area contributed by atoms with Crippen LogP contribution >= 0.6 is 0 Å². The minimum Gasteiger partial charge on any atom is -0.384 e. The van der Waals surface area contributed by atoms with Gasteiger partial charge >= 0.3 is 6.03 Å². The molecule has 0 atom stereocenters. The molecule has 2 N–H and O–H groups in total. The molecule has 2 heterocycles. The molecule has 5 heteroatoms. The minimum absolute atomic E-state index is 0.106. The van der Waals surface area contributed by atoms with Crippen LogP contribution in [0, 0.1) is 5.41 Å². The van der Waals surface area contributed by atoms with Gasteiger partial charge in [-0.05, 0) is 51.6 Å². The summed E-state index contributed by atoms with van der Waals surface area (Å²) in [5, 5.41) is 6.68. The van der Waals surface area contributed by atoms with Crippen molar-refractivity contribution in [3.8, 4) is 0 Å². The minimum atomic E-state index is 0.106. The predicted molar refractivity (Wildman–Crippen MR) is 91.6 cm³/mol. The largest absolute Gasteiger partial charge is 0.384 e. The molecule has 1 saturated carbocycles. The van der Waals surface area contributed by atoms with E-state index in [-0.39, 0.29) is 17.0 Å². The van der Waals surface area contributed by atoms with Crippen LogP contribution in [-0.4, -0.2) is 56.4 Å². The molecular formula is C18H33N3O2. The van der Waals surface area contributed by atoms with Gasteiger partial charge in [0.25, 0.3) is 0 Å². The Morgan fingerprint density at radius 2 is 1.78 bits per heavy atom. The van der Waals surface area contributed by atoms with Crippen LogP contribution in [0.4, 0.5) is 4.79 Å². The first kappa shape index (κ1) is 17.0. The SMILES string of the molecule is COCC1(CNC(=O)N2CCCC23CCCCC3)CCNCC1. The molecule has 23 heavy (non-hydrogen) atoms. The van der Waals surface area contributed by atoms with E-state index in [9.17, 15) is 4.79 Å². The Kier molecular flexibility index (Phi) is 5.47. The van der Waals surface area contributed by atoms with Crippen molar-refractivity contribution in [3.63, 3.8) is 0 Å². The number of urea groups is 1. The highest BCUT2D eigenvalue weighted by molar-refractivity contribution is 5.75. The predicted octanol–water partition coefficient (Wildman–Crippen LogP) is 2.51. The average Bonchev–Trinajstić information content (AvgIpc) is 2.97. The number of carbonyl (C=O) groups is 1. The summed E-state index contributed by atoms with van der Waals surface area (Å²) in [5.74, 6) is 0. The van der Waals surface area contributed by atoms with Gasteiger partial charge in [0, 0.05) is 31.2 Å².